The van der Waals surface area contributed by atoms with Gasteiger partial charge in [0, 0.05) is 16.2 Å². The Morgan fingerprint density at radius 2 is 2.06 bits per heavy atom. The third-order valence-corrected chi connectivity index (χ3v) is 3.01. The number of hydrogen-bond acceptors (Lipinski definition) is 2. The Labute approximate surface area is 103 Å². The van der Waals surface area contributed by atoms with Gasteiger partial charge in [0.05, 0.1) is 12.8 Å². The second kappa shape index (κ2) is 4.66. The SMILES string of the molecule is COc1ccc(C)cc1-c1ncccc1Br. The smallest absolute Gasteiger partial charge is 0.128 e. The van der Waals surface area contributed by atoms with Crippen molar-refractivity contribution >= 4 is 15.9 Å². The quantitative estimate of drug-likeness (QED) is 0.833. The average molecular weight is 278 g/mol. The van der Waals surface area contributed by atoms with Gasteiger partial charge in [0.25, 0.3) is 0 Å². The number of halogens is 1. The largest absolute Gasteiger partial charge is 0.496 e. The first-order valence-corrected chi connectivity index (χ1v) is 5.77. The Kier molecular flexibility index (Phi) is 3.25. The molecule has 2 aromatic rings. The summed E-state index contributed by atoms with van der Waals surface area (Å²) in [6, 6.07) is 9.94. The van der Waals surface area contributed by atoms with Crippen molar-refractivity contribution in [3.8, 4) is 17.0 Å². The van der Waals surface area contributed by atoms with Crippen LogP contribution >= 0.6 is 15.9 Å². The molecule has 0 aliphatic heterocycles. The Hall–Kier alpha value is -1.35. The number of ether oxygens (including phenoxy) is 1. The molecule has 0 aliphatic rings. The van der Waals surface area contributed by atoms with Gasteiger partial charge in [-0.2, -0.15) is 0 Å². The standard InChI is InChI=1S/C13H12BrNO/c1-9-5-6-12(16-2)10(8-9)13-11(14)4-3-7-15-13/h3-8H,1-2H3. The summed E-state index contributed by atoms with van der Waals surface area (Å²) in [5, 5.41) is 0. The van der Waals surface area contributed by atoms with Crippen LogP contribution in [0.4, 0.5) is 0 Å². The van der Waals surface area contributed by atoms with E-state index in [0.717, 1.165) is 21.5 Å². The van der Waals surface area contributed by atoms with Crippen molar-refractivity contribution in [1.82, 2.24) is 4.98 Å². The summed E-state index contributed by atoms with van der Waals surface area (Å²) in [6.45, 7) is 2.06. The Bertz CT molecular complexity index is 511. The number of pyridine rings is 1. The van der Waals surface area contributed by atoms with E-state index in [-0.39, 0.29) is 0 Å². The maximum Gasteiger partial charge on any atom is 0.128 e. The lowest BCUT2D eigenvalue weighted by Gasteiger charge is -2.10. The molecule has 82 valence electrons. The molecule has 1 heterocycles. The van der Waals surface area contributed by atoms with Crippen LogP contribution in [0.5, 0.6) is 5.75 Å². The van der Waals surface area contributed by atoms with Crippen LogP contribution in [0.3, 0.4) is 0 Å². The fraction of sp³-hybridized carbons (Fsp3) is 0.154. The van der Waals surface area contributed by atoms with Crippen LogP contribution in [0.2, 0.25) is 0 Å². The summed E-state index contributed by atoms with van der Waals surface area (Å²) < 4.78 is 6.32. The normalized spacial score (nSPS) is 10.2. The first-order valence-electron chi connectivity index (χ1n) is 4.98. The lowest BCUT2D eigenvalue weighted by atomic mass is 10.1. The number of methoxy groups -OCH3 is 1. The third-order valence-electron chi connectivity index (χ3n) is 2.37. The van der Waals surface area contributed by atoms with Crippen molar-refractivity contribution in [2.75, 3.05) is 7.11 Å². The second-order valence-corrected chi connectivity index (χ2v) is 4.39. The maximum atomic E-state index is 5.35. The summed E-state index contributed by atoms with van der Waals surface area (Å²) in [7, 11) is 1.67. The average Bonchev–Trinajstić information content (AvgIpc) is 2.29. The van der Waals surface area contributed by atoms with Gasteiger partial charge in [0.15, 0.2) is 0 Å². The number of aromatic nitrogens is 1. The van der Waals surface area contributed by atoms with Crippen molar-refractivity contribution in [2.45, 2.75) is 6.92 Å². The number of nitrogens with zero attached hydrogens (tertiary/aromatic N) is 1. The fourth-order valence-corrected chi connectivity index (χ4v) is 2.06. The topological polar surface area (TPSA) is 22.1 Å². The van der Waals surface area contributed by atoms with Gasteiger partial charge in [-0.25, -0.2) is 0 Å². The minimum atomic E-state index is 0.838. The van der Waals surface area contributed by atoms with Crippen molar-refractivity contribution in [3.63, 3.8) is 0 Å². The highest BCUT2D eigenvalue weighted by Crippen LogP contribution is 2.33. The van der Waals surface area contributed by atoms with E-state index in [1.165, 1.54) is 5.56 Å². The molecule has 0 spiro atoms. The van der Waals surface area contributed by atoms with Crippen LogP contribution in [0, 0.1) is 6.92 Å². The van der Waals surface area contributed by atoms with E-state index in [2.05, 4.69) is 33.9 Å². The molecule has 0 saturated carbocycles. The maximum absolute atomic E-state index is 5.35. The van der Waals surface area contributed by atoms with E-state index in [1.54, 1.807) is 13.3 Å². The zero-order chi connectivity index (χ0) is 11.5. The van der Waals surface area contributed by atoms with Crippen LogP contribution in [0.15, 0.2) is 41.0 Å². The van der Waals surface area contributed by atoms with Crippen LogP contribution in [-0.2, 0) is 0 Å². The molecular weight excluding hydrogens is 266 g/mol. The molecule has 1 aromatic carbocycles. The van der Waals surface area contributed by atoms with Crippen LogP contribution in [0.25, 0.3) is 11.3 Å². The van der Waals surface area contributed by atoms with Gasteiger partial charge in [-0.3, -0.25) is 4.98 Å². The molecule has 0 atom stereocenters. The molecule has 2 nitrogen and oxygen atoms in total. The minimum absolute atomic E-state index is 0.838. The fourth-order valence-electron chi connectivity index (χ4n) is 1.59. The van der Waals surface area contributed by atoms with E-state index in [0.29, 0.717) is 0 Å². The summed E-state index contributed by atoms with van der Waals surface area (Å²) in [6.07, 6.45) is 1.78. The third kappa shape index (κ3) is 2.09. The summed E-state index contributed by atoms with van der Waals surface area (Å²) in [5.74, 6) is 0.838. The van der Waals surface area contributed by atoms with Crippen LogP contribution in [-0.4, -0.2) is 12.1 Å². The molecule has 2 rings (SSSR count). The number of hydrogen-bond donors (Lipinski definition) is 0. The van der Waals surface area contributed by atoms with E-state index >= 15 is 0 Å². The molecule has 0 aliphatic carbocycles. The Balaban J connectivity index is 2.63. The van der Waals surface area contributed by atoms with Crippen LogP contribution < -0.4 is 4.74 Å². The highest BCUT2D eigenvalue weighted by atomic mass is 79.9. The molecule has 0 N–H and O–H groups in total. The molecule has 0 radical (unpaired) electrons. The Morgan fingerprint density at radius 3 is 2.75 bits per heavy atom. The number of benzene rings is 1. The zero-order valence-corrected chi connectivity index (χ0v) is 10.8. The first kappa shape index (κ1) is 11.1. The number of aryl methyl sites for hydroxylation is 1. The second-order valence-electron chi connectivity index (χ2n) is 3.54. The van der Waals surface area contributed by atoms with E-state index < -0.39 is 0 Å². The van der Waals surface area contributed by atoms with Crippen LogP contribution in [0.1, 0.15) is 5.56 Å². The molecule has 3 heteroatoms. The molecule has 0 amide bonds. The van der Waals surface area contributed by atoms with Gasteiger partial charge in [-0.15, -0.1) is 0 Å². The predicted molar refractivity (Wildman–Crippen MR) is 68.7 cm³/mol. The summed E-state index contributed by atoms with van der Waals surface area (Å²) in [5.41, 5.74) is 3.10. The van der Waals surface area contributed by atoms with Gasteiger partial charge in [-0.05, 0) is 47.1 Å². The highest BCUT2D eigenvalue weighted by Gasteiger charge is 2.09. The first-order chi connectivity index (χ1) is 7.72. The van der Waals surface area contributed by atoms with Crippen molar-refractivity contribution in [1.29, 1.82) is 0 Å². The van der Waals surface area contributed by atoms with Crippen molar-refractivity contribution in [2.24, 2.45) is 0 Å². The molecule has 0 fully saturated rings. The predicted octanol–water partition coefficient (Wildman–Crippen LogP) is 3.83. The molecule has 16 heavy (non-hydrogen) atoms. The Morgan fingerprint density at radius 1 is 1.25 bits per heavy atom. The molecule has 1 aromatic heterocycles. The van der Waals surface area contributed by atoms with Crippen molar-refractivity contribution in [3.05, 3.63) is 46.6 Å². The highest BCUT2D eigenvalue weighted by molar-refractivity contribution is 9.10. The molecule has 0 bridgehead atoms. The monoisotopic (exact) mass is 277 g/mol. The lowest BCUT2D eigenvalue weighted by Crippen LogP contribution is -1.91. The number of rotatable bonds is 2. The van der Waals surface area contributed by atoms with Crippen molar-refractivity contribution < 1.29 is 4.74 Å². The van der Waals surface area contributed by atoms with Gasteiger partial charge in [0.1, 0.15) is 5.75 Å². The molecular formula is C13H12BrNO. The van der Waals surface area contributed by atoms with Gasteiger partial charge >= 0.3 is 0 Å². The van der Waals surface area contributed by atoms with E-state index in [1.807, 2.05) is 24.3 Å². The van der Waals surface area contributed by atoms with Gasteiger partial charge < -0.3 is 4.74 Å². The van der Waals surface area contributed by atoms with E-state index in [9.17, 15) is 0 Å². The van der Waals surface area contributed by atoms with Gasteiger partial charge in [-0.1, -0.05) is 11.6 Å². The zero-order valence-electron chi connectivity index (χ0n) is 9.20. The van der Waals surface area contributed by atoms with E-state index in [4.69, 9.17) is 4.74 Å². The molecule has 0 unspecified atom stereocenters. The molecule has 0 saturated heterocycles. The summed E-state index contributed by atoms with van der Waals surface area (Å²) >= 11 is 3.50. The summed E-state index contributed by atoms with van der Waals surface area (Å²) in [4.78, 5) is 4.37. The van der Waals surface area contributed by atoms with Gasteiger partial charge in [0.2, 0.25) is 0 Å². The lowest BCUT2D eigenvalue weighted by molar-refractivity contribution is 0.416. The minimum Gasteiger partial charge on any atom is -0.496 e.